The number of rotatable bonds is 7. The monoisotopic (exact) mass is 348 g/mol. The van der Waals surface area contributed by atoms with Gasteiger partial charge in [-0.3, -0.25) is 9.59 Å². The van der Waals surface area contributed by atoms with Crippen molar-refractivity contribution in [3.05, 3.63) is 46.7 Å². The van der Waals surface area contributed by atoms with E-state index < -0.39 is 0 Å². The number of thiophene rings is 1. The van der Waals surface area contributed by atoms with Gasteiger partial charge >= 0.3 is 0 Å². The maximum absolute atomic E-state index is 12.1. The molecule has 0 aliphatic carbocycles. The lowest BCUT2D eigenvalue weighted by atomic mass is 10.3. The van der Waals surface area contributed by atoms with Crippen molar-refractivity contribution in [2.75, 3.05) is 11.9 Å². The number of anilines is 1. The highest BCUT2D eigenvalue weighted by atomic mass is 32.2. The lowest BCUT2D eigenvalue weighted by Gasteiger charge is -2.12. The molecule has 0 aliphatic rings. The van der Waals surface area contributed by atoms with Crippen molar-refractivity contribution >= 4 is 40.6 Å². The van der Waals surface area contributed by atoms with Crippen LogP contribution < -0.4 is 10.6 Å². The van der Waals surface area contributed by atoms with Gasteiger partial charge in [-0.1, -0.05) is 6.07 Å². The van der Waals surface area contributed by atoms with Crippen molar-refractivity contribution in [3.63, 3.8) is 0 Å². The van der Waals surface area contributed by atoms with Gasteiger partial charge in [0, 0.05) is 28.9 Å². The van der Waals surface area contributed by atoms with Crippen LogP contribution >= 0.6 is 23.1 Å². The summed E-state index contributed by atoms with van der Waals surface area (Å²) in [6.07, 6.45) is 0.867. The van der Waals surface area contributed by atoms with Crippen molar-refractivity contribution in [1.29, 1.82) is 0 Å². The van der Waals surface area contributed by atoms with Crippen LogP contribution in [0, 0.1) is 0 Å². The zero-order valence-corrected chi connectivity index (χ0v) is 14.8. The van der Waals surface area contributed by atoms with Crippen LogP contribution in [0.1, 0.15) is 18.7 Å². The Labute approximate surface area is 144 Å². The van der Waals surface area contributed by atoms with E-state index in [2.05, 4.69) is 16.7 Å². The third-order valence-corrected chi connectivity index (χ3v) is 5.16. The lowest BCUT2D eigenvalue weighted by molar-refractivity contribution is -0.120. The molecule has 0 saturated heterocycles. The van der Waals surface area contributed by atoms with Gasteiger partial charge in [0.2, 0.25) is 11.8 Å². The van der Waals surface area contributed by atoms with Gasteiger partial charge in [-0.15, -0.1) is 23.1 Å². The van der Waals surface area contributed by atoms with Crippen LogP contribution in [0.5, 0.6) is 0 Å². The van der Waals surface area contributed by atoms with Crippen LogP contribution in [-0.2, 0) is 16.0 Å². The Bertz CT molecular complexity index is 639. The summed E-state index contributed by atoms with van der Waals surface area (Å²) >= 11 is 3.21. The average Bonchev–Trinajstić information content (AvgIpc) is 3.02. The first-order chi connectivity index (χ1) is 11.0. The summed E-state index contributed by atoms with van der Waals surface area (Å²) in [5.74, 6) is -0.0543. The summed E-state index contributed by atoms with van der Waals surface area (Å²) in [6.45, 7) is 4.03. The van der Waals surface area contributed by atoms with E-state index >= 15 is 0 Å². The van der Waals surface area contributed by atoms with Crippen LogP contribution in [0.25, 0.3) is 0 Å². The zero-order chi connectivity index (χ0) is 16.7. The summed E-state index contributed by atoms with van der Waals surface area (Å²) in [4.78, 5) is 25.4. The van der Waals surface area contributed by atoms with Gasteiger partial charge < -0.3 is 10.6 Å². The minimum atomic E-state index is -0.162. The Kier molecular flexibility index (Phi) is 6.67. The number of carbonyl (C=O) groups excluding carboxylic acids is 2. The summed E-state index contributed by atoms with van der Waals surface area (Å²) in [6, 6.07) is 11.6. The number of hydrogen-bond acceptors (Lipinski definition) is 4. The molecule has 0 aliphatic heterocycles. The van der Waals surface area contributed by atoms with E-state index in [0.717, 1.165) is 17.0 Å². The normalized spacial score (nSPS) is 11.7. The zero-order valence-electron chi connectivity index (χ0n) is 13.2. The lowest BCUT2D eigenvalue weighted by Crippen LogP contribution is -2.32. The van der Waals surface area contributed by atoms with Gasteiger partial charge in [-0.2, -0.15) is 0 Å². The van der Waals surface area contributed by atoms with E-state index in [0.29, 0.717) is 6.54 Å². The fraction of sp³-hybridized carbons (Fsp3) is 0.294. The second kappa shape index (κ2) is 8.74. The molecule has 1 aromatic heterocycles. The molecule has 0 saturated carbocycles. The Balaban J connectivity index is 1.77. The Morgan fingerprint density at radius 3 is 2.57 bits per heavy atom. The topological polar surface area (TPSA) is 58.2 Å². The highest BCUT2D eigenvalue weighted by Crippen LogP contribution is 2.24. The van der Waals surface area contributed by atoms with E-state index in [1.807, 2.05) is 42.6 Å². The van der Waals surface area contributed by atoms with Gasteiger partial charge in [0.25, 0.3) is 0 Å². The summed E-state index contributed by atoms with van der Waals surface area (Å²) < 4.78 is 0. The van der Waals surface area contributed by atoms with Crippen LogP contribution in [0.15, 0.2) is 46.7 Å². The van der Waals surface area contributed by atoms with Gasteiger partial charge in [0.15, 0.2) is 0 Å². The van der Waals surface area contributed by atoms with E-state index in [-0.39, 0.29) is 17.1 Å². The predicted molar refractivity (Wildman–Crippen MR) is 97.1 cm³/mol. The standard InChI is InChI=1S/C17H20N2O2S2/c1-12(17(21)18-10-9-15-4-3-11-22-15)23-16-7-5-14(6-8-16)19-13(2)20/h3-8,11-12H,9-10H2,1-2H3,(H,18,21)(H,19,20)/t12-/m1/s1. The second-order valence-corrected chi connectivity index (χ2v) is 7.53. The van der Waals surface area contributed by atoms with Crippen LogP contribution in [0.3, 0.4) is 0 Å². The molecule has 1 aromatic carbocycles. The molecule has 1 atom stereocenters. The molecular weight excluding hydrogens is 328 g/mol. The van der Waals surface area contributed by atoms with E-state index in [1.54, 1.807) is 11.3 Å². The molecule has 2 N–H and O–H groups in total. The molecule has 6 heteroatoms. The molecule has 1 heterocycles. The van der Waals surface area contributed by atoms with Crippen LogP contribution in [0.4, 0.5) is 5.69 Å². The molecule has 23 heavy (non-hydrogen) atoms. The first kappa shape index (κ1) is 17.6. The molecule has 2 aromatic rings. The first-order valence-electron chi connectivity index (χ1n) is 7.39. The van der Waals surface area contributed by atoms with Gasteiger partial charge in [-0.25, -0.2) is 0 Å². The van der Waals surface area contributed by atoms with E-state index in [1.165, 1.54) is 23.6 Å². The molecular formula is C17H20N2O2S2. The maximum atomic E-state index is 12.1. The quantitative estimate of drug-likeness (QED) is 0.753. The van der Waals surface area contributed by atoms with Gasteiger partial charge in [0.05, 0.1) is 5.25 Å². The highest BCUT2D eigenvalue weighted by molar-refractivity contribution is 8.00. The SMILES string of the molecule is CC(=O)Nc1ccc(S[C@H](C)C(=O)NCCc2cccs2)cc1. The van der Waals surface area contributed by atoms with Gasteiger partial charge in [0.1, 0.15) is 0 Å². The summed E-state index contributed by atoms with van der Waals surface area (Å²) in [5, 5.41) is 7.57. The number of nitrogens with one attached hydrogen (secondary N) is 2. The van der Waals surface area contributed by atoms with Crippen LogP contribution in [0.2, 0.25) is 0 Å². The largest absolute Gasteiger partial charge is 0.355 e. The molecule has 0 radical (unpaired) electrons. The minimum absolute atomic E-state index is 0.0393. The van der Waals surface area contributed by atoms with Crippen molar-refractivity contribution in [1.82, 2.24) is 5.32 Å². The van der Waals surface area contributed by atoms with Crippen LogP contribution in [-0.4, -0.2) is 23.6 Å². The Morgan fingerprint density at radius 2 is 1.96 bits per heavy atom. The van der Waals surface area contributed by atoms with E-state index in [4.69, 9.17) is 0 Å². The van der Waals surface area contributed by atoms with Gasteiger partial charge in [-0.05, 0) is 49.1 Å². The molecule has 0 spiro atoms. The first-order valence-corrected chi connectivity index (χ1v) is 9.15. The predicted octanol–water partition coefficient (Wildman–Crippen LogP) is 3.55. The number of thioether (sulfide) groups is 1. The Hall–Kier alpha value is -1.79. The fourth-order valence-corrected chi connectivity index (χ4v) is 3.59. The minimum Gasteiger partial charge on any atom is -0.355 e. The molecule has 122 valence electrons. The third kappa shape index (κ3) is 6.08. The Morgan fingerprint density at radius 1 is 1.22 bits per heavy atom. The molecule has 2 rings (SSSR count). The molecule has 0 fully saturated rings. The second-order valence-electron chi connectivity index (χ2n) is 5.09. The molecule has 4 nitrogen and oxygen atoms in total. The van der Waals surface area contributed by atoms with Crippen molar-refractivity contribution < 1.29 is 9.59 Å². The smallest absolute Gasteiger partial charge is 0.233 e. The molecule has 2 amide bonds. The van der Waals surface area contributed by atoms with Crippen molar-refractivity contribution in [3.8, 4) is 0 Å². The number of amides is 2. The van der Waals surface area contributed by atoms with Crippen molar-refractivity contribution in [2.24, 2.45) is 0 Å². The number of benzene rings is 1. The highest BCUT2D eigenvalue weighted by Gasteiger charge is 2.13. The van der Waals surface area contributed by atoms with E-state index in [9.17, 15) is 9.59 Å². The maximum Gasteiger partial charge on any atom is 0.233 e. The summed E-state index contributed by atoms with van der Waals surface area (Å²) in [5.41, 5.74) is 0.759. The summed E-state index contributed by atoms with van der Waals surface area (Å²) in [7, 11) is 0. The average molecular weight is 348 g/mol. The number of carbonyl (C=O) groups is 2. The molecule has 0 bridgehead atoms. The molecule has 0 unspecified atom stereocenters. The fourth-order valence-electron chi connectivity index (χ4n) is 1.99. The van der Waals surface area contributed by atoms with Crippen molar-refractivity contribution in [2.45, 2.75) is 30.4 Å². The third-order valence-electron chi connectivity index (χ3n) is 3.11. The number of hydrogen-bond donors (Lipinski definition) is 2.